The Balaban J connectivity index is 1.69. The fourth-order valence-electron chi connectivity index (χ4n) is 3.19. The van der Waals surface area contributed by atoms with Crippen LogP contribution in [0.1, 0.15) is 31.5 Å². The van der Waals surface area contributed by atoms with Gasteiger partial charge < -0.3 is 10.3 Å². The highest BCUT2D eigenvalue weighted by molar-refractivity contribution is 5.96. The summed E-state index contributed by atoms with van der Waals surface area (Å²) in [6.07, 6.45) is 2.04. The van der Waals surface area contributed by atoms with Crippen LogP contribution >= 0.6 is 0 Å². The van der Waals surface area contributed by atoms with Gasteiger partial charge in [-0.15, -0.1) is 0 Å². The van der Waals surface area contributed by atoms with Gasteiger partial charge in [-0.05, 0) is 38.4 Å². The van der Waals surface area contributed by atoms with Crippen molar-refractivity contribution in [1.29, 1.82) is 0 Å². The Kier molecular flexibility index (Phi) is 4.80. The standard InChI is InChI=1S/C17H23N5O2/c1-11(16(23)21-17(24)18-2)22-9-5-6-12(10-22)15-19-13-7-3-4-8-14(13)20-15/h3-4,7-8,11-12H,5-6,9-10H2,1-2H3,(H,19,20)(H2,18,21,23,24)/t11-,12-/m1/s1. The zero-order valence-corrected chi connectivity index (χ0v) is 14.0. The van der Waals surface area contributed by atoms with Gasteiger partial charge in [0.2, 0.25) is 5.91 Å². The quantitative estimate of drug-likeness (QED) is 0.797. The molecule has 2 heterocycles. The summed E-state index contributed by atoms with van der Waals surface area (Å²) in [5.41, 5.74) is 2.00. The highest BCUT2D eigenvalue weighted by Gasteiger charge is 2.30. The third-order valence-corrected chi connectivity index (χ3v) is 4.64. The van der Waals surface area contributed by atoms with Gasteiger partial charge in [-0.2, -0.15) is 0 Å². The molecule has 3 N–H and O–H groups in total. The van der Waals surface area contributed by atoms with Crippen molar-refractivity contribution in [1.82, 2.24) is 25.5 Å². The number of hydrogen-bond acceptors (Lipinski definition) is 4. The van der Waals surface area contributed by atoms with E-state index in [9.17, 15) is 9.59 Å². The number of aromatic amines is 1. The number of rotatable bonds is 3. The molecule has 1 aromatic carbocycles. The van der Waals surface area contributed by atoms with E-state index in [-0.39, 0.29) is 17.9 Å². The molecule has 1 aromatic heterocycles. The van der Waals surface area contributed by atoms with Gasteiger partial charge >= 0.3 is 6.03 Å². The molecule has 3 amide bonds. The van der Waals surface area contributed by atoms with Crippen LogP contribution in [0.15, 0.2) is 24.3 Å². The van der Waals surface area contributed by atoms with E-state index in [0.29, 0.717) is 0 Å². The van der Waals surface area contributed by atoms with Crippen LogP contribution in [0.2, 0.25) is 0 Å². The summed E-state index contributed by atoms with van der Waals surface area (Å²) in [4.78, 5) is 33.7. The Labute approximate surface area is 140 Å². The van der Waals surface area contributed by atoms with Gasteiger partial charge in [-0.3, -0.25) is 15.0 Å². The smallest absolute Gasteiger partial charge is 0.321 e. The van der Waals surface area contributed by atoms with Crippen molar-refractivity contribution in [2.75, 3.05) is 20.1 Å². The Morgan fingerprint density at radius 2 is 2.17 bits per heavy atom. The van der Waals surface area contributed by atoms with Crippen molar-refractivity contribution < 1.29 is 9.59 Å². The predicted molar refractivity (Wildman–Crippen MR) is 91.7 cm³/mol. The number of hydrogen-bond donors (Lipinski definition) is 3. The molecule has 1 fully saturated rings. The molecule has 7 nitrogen and oxygen atoms in total. The Bertz CT molecular complexity index is 708. The first-order valence-corrected chi connectivity index (χ1v) is 8.29. The average molecular weight is 329 g/mol. The number of benzene rings is 1. The molecule has 2 aromatic rings. The van der Waals surface area contributed by atoms with E-state index in [4.69, 9.17) is 0 Å². The minimum absolute atomic E-state index is 0.265. The number of nitrogens with zero attached hydrogens (tertiary/aromatic N) is 2. The molecule has 0 unspecified atom stereocenters. The van der Waals surface area contributed by atoms with E-state index in [1.165, 1.54) is 7.05 Å². The fraction of sp³-hybridized carbons (Fsp3) is 0.471. The number of piperidine rings is 1. The van der Waals surface area contributed by atoms with Crippen molar-refractivity contribution >= 4 is 23.0 Å². The van der Waals surface area contributed by atoms with Crippen molar-refractivity contribution in [3.63, 3.8) is 0 Å². The lowest BCUT2D eigenvalue weighted by Gasteiger charge is -2.35. The summed E-state index contributed by atoms with van der Waals surface area (Å²) in [6.45, 7) is 3.43. The number of imidazole rings is 1. The SMILES string of the molecule is CNC(=O)NC(=O)[C@@H](C)N1CCC[C@@H](c2nc3ccccc3[nH]2)C1. The zero-order chi connectivity index (χ0) is 17.1. The maximum atomic E-state index is 12.2. The number of carbonyl (C=O) groups excluding carboxylic acids is 2. The molecule has 0 aliphatic carbocycles. The number of fused-ring (bicyclic) bond motifs is 1. The third-order valence-electron chi connectivity index (χ3n) is 4.64. The second-order valence-electron chi connectivity index (χ2n) is 6.22. The Morgan fingerprint density at radius 3 is 2.92 bits per heavy atom. The Morgan fingerprint density at radius 1 is 1.38 bits per heavy atom. The fourth-order valence-corrected chi connectivity index (χ4v) is 3.19. The molecular weight excluding hydrogens is 306 g/mol. The van der Waals surface area contributed by atoms with E-state index in [0.717, 1.165) is 42.8 Å². The molecule has 1 aliphatic heterocycles. The molecule has 1 aliphatic rings. The number of carbonyl (C=O) groups is 2. The van der Waals surface area contributed by atoms with Crippen LogP contribution in [-0.4, -0.2) is 53.0 Å². The highest BCUT2D eigenvalue weighted by Crippen LogP contribution is 2.27. The molecule has 0 saturated carbocycles. The zero-order valence-electron chi connectivity index (χ0n) is 14.0. The van der Waals surface area contributed by atoms with Gasteiger partial charge in [-0.1, -0.05) is 12.1 Å². The first kappa shape index (κ1) is 16.4. The molecule has 128 valence electrons. The first-order chi connectivity index (χ1) is 11.6. The largest absolute Gasteiger partial charge is 0.342 e. The van der Waals surface area contributed by atoms with Crippen LogP contribution < -0.4 is 10.6 Å². The summed E-state index contributed by atoms with van der Waals surface area (Å²) >= 11 is 0. The minimum Gasteiger partial charge on any atom is -0.342 e. The summed E-state index contributed by atoms with van der Waals surface area (Å²) < 4.78 is 0. The van der Waals surface area contributed by atoms with Gasteiger partial charge in [-0.25, -0.2) is 9.78 Å². The van der Waals surface area contributed by atoms with Crippen LogP contribution in [0, 0.1) is 0 Å². The normalized spacial score (nSPS) is 19.8. The molecule has 0 spiro atoms. The van der Waals surface area contributed by atoms with Crippen molar-refractivity contribution in [2.45, 2.75) is 31.7 Å². The topological polar surface area (TPSA) is 90.1 Å². The number of urea groups is 1. The van der Waals surface area contributed by atoms with Crippen molar-refractivity contribution in [3.8, 4) is 0 Å². The van der Waals surface area contributed by atoms with Crippen LogP contribution in [0.3, 0.4) is 0 Å². The maximum absolute atomic E-state index is 12.2. The van der Waals surface area contributed by atoms with Crippen molar-refractivity contribution in [3.05, 3.63) is 30.1 Å². The summed E-state index contributed by atoms with van der Waals surface area (Å²) in [5.74, 6) is 0.959. The first-order valence-electron chi connectivity index (χ1n) is 8.29. The number of nitrogens with one attached hydrogen (secondary N) is 3. The van der Waals surface area contributed by atoms with Crippen LogP contribution in [0.25, 0.3) is 11.0 Å². The predicted octanol–water partition coefficient (Wildman–Crippen LogP) is 1.59. The van der Waals surface area contributed by atoms with Crippen LogP contribution in [-0.2, 0) is 4.79 Å². The van der Waals surface area contributed by atoms with Crippen molar-refractivity contribution in [2.24, 2.45) is 0 Å². The number of para-hydroxylation sites is 2. The monoisotopic (exact) mass is 329 g/mol. The van der Waals surface area contributed by atoms with Gasteiger partial charge in [0.15, 0.2) is 0 Å². The maximum Gasteiger partial charge on any atom is 0.321 e. The average Bonchev–Trinajstić information content (AvgIpc) is 3.05. The Hall–Kier alpha value is -2.41. The minimum atomic E-state index is -0.474. The van der Waals surface area contributed by atoms with E-state index < -0.39 is 6.03 Å². The lowest BCUT2D eigenvalue weighted by atomic mass is 9.96. The number of H-pyrrole nitrogens is 1. The number of aromatic nitrogens is 2. The summed E-state index contributed by atoms with van der Waals surface area (Å²) in [6, 6.07) is 7.15. The second kappa shape index (κ2) is 7.00. The van der Waals surface area contributed by atoms with E-state index in [1.807, 2.05) is 31.2 Å². The van der Waals surface area contributed by atoms with Crippen LogP contribution in [0.5, 0.6) is 0 Å². The molecule has 7 heteroatoms. The molecule has 0 bridgehead atoms. The van der Waals surface area contributed by atoms with Crippen LogP contribution in [0.4, 0.5) is 4.79 Å². The van der Waals surface area contributed by atoms with Gasteiger partial charge in [0.25, 0.3) is 0 Å². The van der Waals surface area contributed by atoms with E-state index in [1.54, 1.807) is 0 Å². The highest BCUT2D eigenvalue weighted by atomic mass is 16.2. The lowest BCUT2D eigenvalue weighted by Crippen LogP contribution is -2.51. The van der Waals surface area contributed by atoms with E-state index in [2.05, 4.69) is 25.5 Å². The molecule has 3 rings (SSSR count). The number of imide groups is 1. The van der Waals surface area contributed by atoms with E-state index >= 15 is 0 Å². The second-order valence-corrected chi connectivity index (χ2v) is 6.22. The molecule has 1 saturated heterocycles. The number of amides is 3. The van der Waals surface area contributed by atoms with Gasteiger partial charge in [0, 0.05) is 19.5 Å². The summed E-state index contributed by atoms with van der Waals surface area (Å²) in [5, 5.41) is 4.75. The third kappa shape index (κ3) is 3.41. The van der Waals surface area contributed by atoms with Gasteiger partial charge in [0.05, 0.1) is 17.1 Å². The summed E-state index contributed by atoms with van der Waals surface area (Å²) in [7, 11) is 1.49. The number of likely N-dealkylation sites (tertiary alicyclic amines) is 1. The van der Waals surface area contributed by atoms with Gasteiger partial charge in [0.1, 0.15) is 5.82 Å². The molecular formula is C17H23N5O2. The lowest BCUT2D eigenvalue weighted by molar-refractivity contribution is -0.125. The molecule has 0 radical (unpaired) electrons. The molecule has 24 heavy (non-hydrogen) atoms. The molecule has 2 atom stereocenters.